The molecule has 0 fully saturated rings. The van der Waals surface area contributed by atoms with Gasteiger partial charge in [0.1, 0.15) is 18.1 Å². The molecule has 0 aliphatic rings. The van der Waals surface area contributed by atoms with E-state index in [1.165, 1.54) is 38.6 Å². The Morgan fingerprint density at radius 2 is 1.59 bits per heavy atom. The van der Waals surface area contributed by atoms with Crippen LogP contribution in [-0.2, 0) is 19.6 Å². The molecule has 1 N–H and O–H groups in total. The van der Waals surface area contributed by atoms with Crippen LogP contribution < -0.4 is 19.2 Å². The SMILES string of the molecule is CCOC(=O)c1ccc(-c2ccc(C=NNC(=O)CN(c3cc(C)cc(C)c3)S(=O)(=O)c3ccc(OC)c(OC)c3)o2)cc1. The summed E-state index contributed by atoms with van der Waals surface area (Å²) >= 11 is 0. The van der Waals surface area contributed by atoms with Gasteiger partial charge < -0.3 is 18.6 Å². The van der Waals surface area contributed by atoms with Crippen LogP contribution >= 0.6 is 0 Å². The first kappa shape index (κ1) is 31.8. The van der Waals surface area contributed by atoms with Crippen molar-refractivity contribution < 1.29 is 36.6 Å². The van der Waals surface area contributed by atoms with Gasteiger partial charge >= 0.3 is 5.97 Å². The lowest BCUT2D eigenvalue weighted by Gasteiger charge is -2.25. The number of furan rings is 1. The van der Waals surface area contributed by atoms with Crippen molar-refractivity contribution in [2.24, 2.45) is 5.10 Å². The average Bonchev–Trinajstić information content (AvgIpc) is 3.48. The van der Waals surface area contributed by atoms with Crippen LogP contribution in [0.2, 0.25) is 0 Å². The number of benzene rings is 3. The number of hydrazone groups is 1. The first-order valence-corrected chi connectivity index (χ1v) is 15.0. The summed E-state index contributed by atoms with van der Waals surface area (Å²) in [5.41, 5.74) is 5.51. The van der Waals surface area contributed by atoms with Gasteiger partial charge in [-0.15, -0.1) is 0 Å². The van der Waals surface area contributed by atoms with Gasteiger partial charge in [0.15, 0.2) is 11.5 Å². The van der Waals surface area contributed by atoms with E-state index in [2.05, 4.69) is 10.5 Å². The first-order chi connectivity index (χ1) is 21.0. The van der Waals surface area contributed by atoms with E-state index in [1.54, 1.807) is 55.5 Å². The largest absolute Gasteiger partial charge is 0.493 e. The fourth-order valence-corrected chi connectivity index (χ4v) is 5.83. The zero-order valence-electron chi connectivity index (χ0n) is 25.0. The highest BCUT2D eigenvalue weighted by atomic mass is 32.2. The van der Waals surface area contributed by atoms with E-state index in [-0.39, 0.29) is 17.3 Å². The molecule has 0 atom stereocenters. The van der Waals surface area contributed by atoms with E-state index >= 15 is 0 Å². The fraction of sp³-hybridized carbons (Fsp3) is 0.219. The number of anilines is 1. The standard InChI is InChI=1S/C32H33N3O8S/c1-6-42-32(37)24-9-7-23(8-10-24)28-13-11-26(43-28)19-33-34-31(36)20-35(25-16-21(2)15-22(3)17-25)44(38,39)27-12-14-29(40-4)30(18-27)41-5/h7-19H,6,20H2,1-5H3,(H,34,36). The monoisotopic (exact) mass is 619 g/mol. The predicted molar refractivity (Wildman–Crippen MR) is 166 cm³/mol. The number of esters is 1. The van der Waals surface area contributed by atoms with Crippen LogP contribution in [-0.4, -0.2) is 53.9 Å². The Morgan fingerprint density at radius 3 is 2.23 bits per heavy atom. The topological polar surface area (TPSA) is 137 Å². The summed E-state index contributed by atoms with van der Waals surface area (Å²) in [4.78, 5) is 24.8. The lowest BCUT2D eigenvalue weighted by molar-refractivity contribution is -0.119. The van der Waals surface area contributed by atoms with E-state index in [0.29, 0.717) is 28.5 Å². The molecular weight excluding hydrogens is 586 g/mol. The van der Waals surface area contributed by atoms with E-state index in [4.69, 9.17) is 18.6 Å². The van der Waals surface area contributed by atoms with Crippen molar-refractivity contribution >= 4 is 33.8 Å². The molecule has 0 unspecified atom stereocenters. The number of sulfonamides is 1. The molecule has 0 aliphatic heterocycles. The molecule has 11 nitrogen and oxygen atoms in total. The molecule has 3 aromatic carbocycles. The number of hydrogen-bond acceptors (Lipinski definition) is 9. The number of hydrogen-bond donors (Lipinski definition) is 1. The third-order valence-electron chi connectivity index (χ3n) is 6.41. The van der Waals surface area contributed by atoms with Crippen molar-refractivity contribution in [2.45, 2.75) is 25.7 Å². The number of rotatable bonds is 12. The highest BCUT2D eigenvalue weighted by Gasteiger charge is 2.28. The molecular formula is C32H33N3O8S. The van der Waals surface area contributed by atoms with Crippen molar-refractivity contribution in [1.82, 2.24) is 5.43 Å². The van der Waals surface area contributed by atoms with Gasteiger partial charge in [0.2, 0.25) is 0 Å². The number of aryl methyl sites for hydroxylation is 2. The Bertz CT molecular complexity index is 1760. The zero-order chi connectivity index (χ0) is 31.9. The number of carbonyl (C=O) groups is 2. The van der Waals surface area contributed by atoms with Crippen LogP contribution in [0.25, 0.3) is 11.3 Å². The maximum atomic E-state index is 13.9. The van der Waals surface area contributed by atoms with Gasteiger partial charge in [-0.05, 0) is 80.4 Å². The summed E-state index contributed by atoms with van der Waals surface area (Å²) in [5.74, 6) is 0.386. The molecule has 0 bridgehead atoms. The number of nitrogens with one attached hydrogen (secondary N) is 1. The maximum Gasteiger partial charge on any atom is 0.338 e. The minimum atomic E-state index is -4.22. The number of ether oxygens (including phenoxy) is 3. The number of nitrogens with zero attached hydrogens (tertiary/aromatic N) is 2. The van der Waals surface area contributed by atoms with Crippen molar-refractivity contribution in [3.63, 3.8) is 0 Å². The quantitative estimate of drug-likeness (QED) is 0.131. The Kier molecular flexibility index (Phi) is 10.1. The summed E-state index contributed by atoms with van der Waals surface area (Å²) in [6, 6.07) is 19.6. The second-order valence-electron chi connectivity index (χ2n) is 9.67. The summed E-state index contributed by atoms with van der Waals surface area (Å²) in [5, 5.41) is 3.96. The van der Waals surface area contributed by atoms with Gasteiger partial charge in [0.05, 0.1) is 43.2 Å². The van der Waals surface area contributed by atoms with Crippen molar-refractivity contribution in [3.8, 4) is 22.8 Å². The molecule has 0 aliphatic carbocycles. The molecule has 1 amide bonds. The van der Waals surface area contributed by atoms with Crippen LogP contribution in [0.1, 0.15) is 34.2 Å². The second-order valence-corrected chi connectivity index (χ2v) is 11.5. The highest BCUT2D eigenvalue weighted by Crippen LogP contribution is 2.32. The van der Waals surface area contributed by atoms with Gasteiger partial charge in [0.25, 0.3) is 15.9 Å². The number of carbonyl (C=O) groups excluding carboxylic acids is 2. The van der Waals surface area contributed by atoms with Gasteiger partial charge in [0, 0.05) is 11.6 Å². The summed E-state index contributed by atoms with van der Waals surface area (Å²) in [6.45, 7) is 5.16. The average molecular weight is 620 g/mol. The first-order valence-electron chi connectivity index (χ1n) is 13.6. The number of methoxy groups -OCH3 is 2. The van der Waals surface area contributed by atoms with E-state index in [0.717, 1.165) is 21.0 Å². The molecule has 44 heavy (non-hydrogen) atoms. The molecule has 4 rings (SSSR count). The minimum absolute atomic E-state index is 0.0796. The third-order valence-corrected chi connectivity index (χ3v) is 8.18. The molecule has 0 saturated carbocycles. The highest BCUT2D eigenvalue weighted by molar-refractivity contribution is 7.92. The van der Waals surface area contributed by atoms with Gasteiger partial charge in [-0.25, -0.2) is 18.6 Å². The van der Waals surface area contributed by atoms with Gasteiger partial charge in [-0.3, -0.25) is 9.10 Å². The van der Waals surface area contributed by atoms with Crippen LogP contribution in [0.5, 0.6) is 11.5 Å². The number of amides is 1. The Morgan fingerprint density at radius 1 is 0.909 bits per heavy atom. The second kappa shape index (κ2) is 13.9. The van der Waals surface area contributed by atoms with Crippen molar-refractivity contribution in [2.75, 3.05) is 31.7 Å². The summed E-state index contributed by atoms with van der Waals surface area (Å²) < 4.78 is 50.0. The van der Waals surface area contributed by atoms with Crippen LogP contribution in [0.4, 0.5) is 5.69 Å². The maximum absolute atomic E-state index is 13.9. The molecule has 1 heterocycles. The molecule has 0 saturated heterocycles. The van der Waals surface area contributed by atoms with Crippen molar-refractivity contribution in [1.29, 1.82) is 0 Å². The normalized spacial score (nSPS) is 11.3. The van der Waals surface area contributed by atoms with Crippen LogP contribution in [0, 0.1) is 13.8 Å². The van der Waals surface area contributed by atoms with E-state index in [9.17, 15) is 18.0 Å². The Balaban J connectivity index is 1.51. The van der Waals surface area contributed by atoms with E-state index < -0.39 is 28.4 Å². The lowest BCUT2D eigenvalue weighted by atomic mass is 10.1. The molecule has 1 aromatic heterocycles. The minimum Gasteiger partial charge on any atom is -0.493 e. The smallest absolute Gasteiger partial charge is 0.338 e. The van der Waals surface area contributed by atoms with E-state index in [1.807, 2.05) is 19.9 Å². The van der Waals surface area contributed by atoms with Gasteiger partial charge in [-0.2, -0.15) is 5.10 Å². The molecule has 12 heteroatoms. The fourth-order valence-electron chi connectivity index (χ4n) is 4.41. The summed E-state index contributed by atoms with van der Waals surface area (Å²) in [7, 11) is -1.36. The summed E-state index contributed by atoms with van der Waals surface area (Å²) in [6.07, 6.45) is 1.30. The molecule has 230 valence electrons. The lowest BCUT2D eigenvalue weighted by Crippen LogP contribution is -2.39. The predicted octanol–water partition coefficient (Wildman–Crippen LogP) is 5.10. The third kappa shape index (κ3) is 7.45. The Hall–Kier alpha value is -5.10. The van der Waals surface area contributed by atoms with Crippen LogP contribution in [0.3, 0.4) is 0 Å². The Labute approximate surface area is 256 Å². The van der Waals surface area contributed by atoms with Crippen molar-refractivity contribution in [3.05, 3.63) is 95.2 Å². The zero-order valence-corrected chi connectivity index (χ0v) is 25.8. The molecule has 0 radical (unpaired) electrons. The van der Waals surface area contributed by atoms with Gasteiger partial charge in [-0.1, -0.05) is 18.2 Å². The van der Waals surface area contributed by atoms with Crippen LogP contribution in [0.15, 0.2) is 87.2 Å². The molecule has 0 spiro atoms. The molecule has 4 aromatic rings.